The van der Waals surface area contributed by atoms with Gasteiger partial charge in [0.2, 0.25) is 10.0 Å². The van der Waals surface area contributed by atoms with Gasteiger partial charge in [0.05, 0.1) is 0 Å². The Kier molecular flexibility index (Phi) is 5.33. The van der Waals surface area contributed by atoms with Crippen molar-refractivity contribution in [1.82, 2.24) is 9.71 Å². The van der Waals surface area contributed by atoms with Crippen molar-refractivity contribution in [2.75, 3.05) is 11.9 Å². The second-order valence-corrected chi connectivity index (χ2v) is 7.04. The molecule has 0 aliphatic rings. The van der Waals surface area contributed by atoms with E-state index in [-0.39, 0.29) is 11.4 Å². The molecule has 0 fully saturated rings. The first-order valence-corrected chi connectivity index (χ1v) is 8.73. The molecule has 0 aliphatic carbocycles. The van der Waals surface area contributed by atoms with Crippen LogP contribution in [0.3, 0.4) is 0 Å². The molecule has 1 aromatic heterocycles. The Morgan fingerprint density at radius 1 is 1.14 bits per heavy atom. The molecule has 0 saturated carbocycles. The SMILES string of the molecule is CCNc1ccc(S(=O)(=O)NCc2ccc(Br)cc2)cn1. The molecule has 5 nitrogen and oxygen atoms in total. The predicted octanol–water partition coefficient (Wildman–Crippen LogP) is 2.75. The zero-order chi connectivity index (χ0) is 15.3. The Labute approximate surface area is 133 Å². The Morgan fingerprint density at radius 3 is 2.43 bits per heavy atom. The zero-order valence-electron chi connectivity index (χ0n) is 11.5. The van der Waals surface area contributed by atoms with Crippen molar-refractivity contribution in [3.63, 3.8) is 0 Å². The van der Waals surface area contributed by atoms with Crippen LogP contribution in [0.25, 0.3) is 0 Å². The van der Waals surface area contributed by atoms with Gasteiger partial charge < -0.3 is 5.32 Å². The average Bonchev–Trinajstić information content (AvgIpc) is 2.48. The van der Waals surface area contributed by atoms with Crippen LogP contribution in [0.15, 0.2) is 52.0 Å². The van der Waals surface area contributed by atoms with Gasteiger partial charge >= 0.3 is 0 Å². The maximum Gasteiger partial charge on any atom is 0.242 e. The molecule has 2 N–H and O–H groups in total. The summed E-state index contributed by atoms with van der Waals surface area (Å²) in [6.07, 6.45) is 1.35. The number of pyridine rings is 1. The van der Waals surface area contributed by atoms with Gasteiger partial charge in [0.15, 0.2) is 0 Å². The average molecular weight is 370 g/mol. The zero-order valence-corrected chi connectivity index (χ0v) is 13.9. The van der Waals surface area contributed by atoms with Crippen LogP contribution in [0.4, 0.5) is 5.82 Å². The fourth-order valence-electron chi connectivity index (χ4n) is 1.69. The predicted molar refractivity (Wildman–Crippen MR) is 86.6 cm³/mol. The number of nitrogens with zero attached hydrogens (tertiary/aromatic N) is 1. The number of sulfonamides is 1. The lowest BCUT2D eigenvalue weighted by atomic mass is 10.2. The van der Waals surface area contributed by atoms with Crippen molar-refractivity contribution in [2.45, 2.75) is 18.4 Å². The molecular formula is C14H16BrN3O2S. The van der Waals surface area contributed by atoms with Gasteiger partial charge in [-0.2, -0.15) is 0 Å². The molecule has 1 heterocycles. The van der Waals surface area contributed by atoms with Crippen LogP contribution in [0, 0.1) is 0 Å². The first-order chi connectivity index (χ1) is 10.0. The summed E-state index contributed by atoms with van der Waals surface area (Å²) in [5, 5.41) is 3.02. The van der Waals surface area contributed by atoms with Gasteiger partial charge in [-0.25, -0.2) is 18.1 Å². The summed E-state index contributed by atoms with van der Waals surface area (Å²) in [6.45, 7) is 2.93. The molecule has 0 radical (unpaired) electrons. The lowest BCUT2D eigenvalue weighted by Gasteiger charge is -2.08. The second-order valence-electron chi connectivity index (χ2n) is 4.36. The molecule has 7 heteroatoms. The lowest BCUT2D eigenvalue weighted by Crippen LogP contribution is -2.23. The van der Waals surface area contributed by atoms with E-state index in [9.17, 15) is 8.42 Å². The summed E-state index contributed by atoms with van der Waals surface area (Å²) in [6, 6.07) is 10.7. The Bertz CT molecular complexity index is 685. The van der Waals surface area contributed by atoms with Crippen LogP contribution in [-0.4, -0.2) is 19.9 Å². The number of hydrogen-bond acceptors (Lipinski definition) is 4. The minimum atomic E-state index is -3.55. The van der Waals surface area contributed by atoms with Gasteiger partial charge in [-0.3, -0.25) is 0 Å². The molecule has 112 valence electrons. The van der Waals surface area contributed by atoms with Crippen LogP contribution in [0.2, 0.25) is 0 Å². The third-order valence-electron chi connectivity index (χ3n) is 2.78. The highest BCUT2D eigenvalue weighted by Gasteiger charge is 2.14. The Morgan fingerprint density at radius 2 is 1.86 bits per heavy atom. The number of benzene rings is 1. The van der Waals surface area contributed by atoms with E-state index >= 15 is 0 Å². The molecule has 0 atom stereocenters. The molecule has 2 aromatic rings. The van der Waals surface area contributed by atoms with E-state index in [1.165, 1.54) is 12.3 Å². The highest BCUT2D eigenvalue weighted by atomic mass is 79.9. The molecule has 2 rings (SSSR count). The number of anilines is 1. The number of halogens is 1. The number of rotatable bonds is 6. The van der Waals surface area contributed by atoms with E-state index < -0.39 is 10.0 Å². The Hall–Kier alpha value is -1.44. The van der Waals surface area contributed by atoms with Crippen LogP contribution in [-0.2, 0) is 16.6 Å². The maximum atomic E-state index is 12.2. The van der Waals surface area contributed by atoms with E-state index in [1.54, 1.807) is 6.07 Å². The third-order valence-corrected chi connectivity index (χ3v) is 4.70. The molecule has 0 saturated heterocycles. The van der Waals surface area contributed by atoms with E-state index in [0.29, 0.717) is 5.82 Å². The summed E-state index contributed by atoms with van der Waals surface area (Å²) < 4.78 is 27.8. The minimum absolute atomic E-state index is 0.154. The summed E-state index contributed by atoms with van der Waals surface area (Å²) >= 11 is 3.34. The van der Waals surface area contributed by atoms with Crippen molar-refractivity contribution < 1.29 is 8.42 Å². The van der Waals surface area contributed by atoms with Crippen molar-refractivity contribution in [1.29, 1.82) is 0 Å². The van der Waals surface area contributed by atoms with Crippen molar-refractivity contribution >= 4 is 31.8 Å². The molecule has 0 spiro atoms. The van der Waals surface area contributed by atoms with Gasteiger partial charge in [-0.05, 0) is 36.8 Å². The number of nitrogens with one attached hydrogen (secondary N) is 2. The van der Waals surface area contributed by atoms with Crippen molar-refractivity contribution in [3.05, 3.63) is 52.6 Å². The van der Waals surface area contributed by atoms with Crippen LogP contribution >= 0.6 is 15.9 Å². The molecular weight excluding hydrogens is 354 g/mol. The smallest absolute Gasteiger partial charge is 0.242 e. The van der Waals surface area contributed by atoms with Crippen LogP contribution in [0.5, 0.6) is 0 Å². The van der Waals surface area contributed by atoms with Gasteiger partial charge in [0.25, 0.3) is 0 Å². The number of hydrogen-bond donors (Lipinski definition) is 2. The third kappa shape index (κ3) is 4.52. The first kappa shape index (κ1) is 15.9. The second kappa shape index (κ2) is 7.02. The van der Waals surface area contributed by atoms with Crippen LogP contribution < -0.4 is 10.0 Å². The van der Waals surface area contributed by atoms with E-state index in [0.717, 1.165) is 16.6 Å². The Balaban J connectivity index is 2.05. The molecule has 0 amide bonds. The molecule has 0 bridgehead atoms. The quantitative estimate of drug-likeness (QED) is 0.820. The first-order valence-electron chi connectivity index (χ1n) is 6.45. The summed E-state index contributed by atoms with van der Waals surface area (Å²) in [5.74, 6) is 0.657. The lowest BCUT2D eigenvalue weighted by molar-refractivity contribution is 0.581. The summed E-state index contributed by atoms with van der Waals surface area (Å²) in [5.41, 5.74) is 0.888. The monoisotopic (exact) mass is 369 g/mol. The van der Waals surface area contributed by atoms with Crippen molar-refractivity contribution in [3.8, 4) is 0 Å². The van der Waals surface area contributed by atoms with Crippen molar-refractivity contribution in [2.24, 2.45) is 0 Å². The van der Waals surface area contributed by atoms with Gasteiger partial charge in [-0.1, -0.05) is 28.1 Å². The van der Waals surface area contributed by atoms with E-state index in [1.807, 2.05) is 31.2 Å². The molecule has 1 aromatic carbocycles. The topological polar surface area (TPSA) is 71.1 Å². The normalized spacial score (nSPS) is 11.3. The van der Waals surface area contributed by atoms with Gasteiger partial charge in [0.1, 0.15) is 10.7 Å². The van der Waals surface area contributed by atoms with Gasteiger partial charge in [0, 0.05) is 23.8 Å². The maximum absolute atomic E-state index is 12.2. The standard InChI is InChI=1S/C14H16BrN3O2S/c1-2-16-14-8-7-13(10-17-14)21(19,20)18-9-11-3-5-12(15)6-4-11/h3-8,10,18H,2,9H2,1H3,(H,16,17). The molecule has 0 aliphatic heterocycles. The minimum Gasteiger partial charge on any atom is -0.370 e. The molecule has 21 heavy (non-hydrogen) atoms. The van der Waals surface area contributed by atoms with E-state index in [2.05, 4.69) is 31.0 Å². The largest absolute Gasteiger partial charge is 0.370 e. The highest BCUT2D eigenvalue weighted by molar-refractivity contribution is 9.10. The van der Waals surface area contributed by atoms with Crippen LogP contribution in [0.1, 0.15) is 12.5 Å². The summed E-state index contributed by atoms with van der Waals surface area (Å²) in [4.78, 5) is 4.22. The highest BCUT2D eigenvalue weighted by Crippen LogP contribution is 2.13. The number of aromatic nitrogens is 1. The fourth-order valence-corrected chi connectivity index (χ4v) is 2.92. The van der Waals surface area contributed by atoms with Gasteiger partial charge in [-0.15, -0.1) is 0 Å². The fraction of sp³-hybridized carbons (Fsp3) is 0.214. The van der Waals surface area contributed by atoms with E-state index in [4.69, 9.17) is 0 Å². The molecule has 0 unspecified atom stereocenters. The summed E-state index contributed by atoms with van der Waals surface area (Å²) in [7, 11) is -3.55.